The summed E-state index contributed by atoms with van der Waals surface area (Å²) in [5, 5.41) is 4.85. The molecule has 0 saturated carbocycles. The average molecular weight is 439 g/mol. The van der Waals surface area contributed by atoms with E-state index in [1.54, 1.807) is 11.9 Å². The maximum absolute atomic E-state index is 13.1. The highest BCUT2D eigenvalue weighted by molar-refractivity contribution is 6.31. The fourth-order valence-electron chi connectivity index (χ4n) is 4.08. The molecular weight excluding hydrogens is 412 g/mol. The monoisotopic (exact) mass is 438 g/mol. The van der Waals surface area contributed by atoms with E-state index in [0.29, 0.717) is 18.3 Å². The molecule has 6 nitrogen and oxygen atoms in total. The van der Waals surface area contributed by atoms with Gasteiger partial charge in [-0.05, 0) is 44.0 Å². The van der Waals surface area contributed by atoms with E-state index < -0.39 is 0 Å². The highest BCUT2D eigenvalue weighted by atomic mass is 35.5. The zero-order chi connectivity index (χ0) is 21.8. The minimum absolute atomic E-state index is 0.0413. The molecule has 1 aliphatic rings. The maximum atomic E-state index is 13.1. The van der Waals surface area contributed by atoms with E-state index in [0.717, 1.165) is 54.2 Å². The number of carbonyl (C=O) groups is 1. The zero-order valence-electron chi connectivity index (χ0n) is 17.9. The van der Waals surface area contributed by atoms with E-state index in [4.69, 9.17) is 16.1 Å². The van der Waals surface area contributed by atoms with Crippen LogP contribution in [0.1, 0.15) is 29.9 Å². The summed E-state index contributed by atoms with van der Waals surface area (Å²) < 4.78 is 5.40. The van der Waals surface area contributed by atoms with Crippen LogP contribution in [0.25, 0.3) is 11.4 Å². The predicted molar refractivity (Wildman–Crippen MR) is 120 cm³/mol. The molecule has 3 aromatic rings. The highest BCUT2D eigenvalue weighted by Crippen LogP contribution is 2.24. The van der Waals surface area contributed by atoms with Gasteiger partial charge in [-0.15, -0.1) is 0 Å². The smallest absolute Gasteiger partial charge is 0.246 e. The zero-order valence-corrected chi connectivity index (χ0v) is 18.7. The fourth-order valence-corrected chi connectivity index (χ4v) is 4.28. The molecule has 0 unspecified atom stereocenters. The number of hydrogen-bond acceptors (Lipinski definition) is 5. The van der Waals surface area contributed by atoms with Crippen molar-refractivity contribution in [2.75, 3.05) is 20.1 Å². The van der Waals surface area contributed by atoms with Crippen LogP contribution in [-0.4, -0.2) is 46.0 Å². The van der Waals surface area contributed by atoms with Gasteiger partial charge >= 0.3 is 0 Å². The van der Waals surface area contributed by atoms with Crippen molar-refractivity contribution in [1.82, 2.24) is 19.9 Å². The molecule has 1 aromatic heterocycles. The second-order valence-electron chi connectivity index (χ2n) is 8.24. The number of benzene rings is 2. The summed E-state index contributed by atoms with van der Waals surface area (Å²) in [5.41, 5.74) is 3.14. The van der Waals surface area contributed by atoms with Crippen LogP contribution in [0.3, 0.4) is 0 Å². The van der Waals surface area contributed by atoms with Crippen molar-refractivity contribution in [3.05, 3.63) is 70.6 Å². The Balaban J connectivity index is 1.36. The van der Waals surface area contributed by atoms with Gasteiger partial charge in [0.05, 0.1) is 12.5 Å². The van der Waals surface area contributed by atoms with E-state index in [1.807, 2.05) is 55.5 Å². The lowest BCUT2D eigenvalue weighted by atomic mass is 9.96. The van der Waals surface area contributed by atoms with Gasteiger partial charge in [0.1, 0.15) is 0 Å². The minimum atomic E-state index is -0.0413. The van der Waals surface area contributed by atoms with Gasteiger partial charge in [0.15, 0.2) is 0 Å². The summed E-state index contributed by atoms with van der Waals surface area (Å²) in [5.74, 6) is 1.05. The van der Waals surface area contributed by atoms with Crippen LogP contribution in [0.15, 0.2) is 53.1 Å². The second kappa shape index (κ2) is 9.62. The molecule has 1 aliphatic heterocycles. The Bertz CT molecular complexity index is 1050. The molecule has 1 saturated heterocycles. The number of aromatic nitrogens is 2. The molecule has 4 rings (SSSR count). The van der Waals surface area contributed by atoms with Crippen molar-refractivity contribution in [2.45, 2.75) is 32.9 Å². The molecule has 0 aliphatic carbocycles. The molecule has 0 bridgehead atoms. The second-order valence-corrected chi connectivity index (χ2v) is 8.65. The summed E-state index contributed by atoms with van der Waals surface area (Å²) in [6.07, 6.45) is 1.88. The molecule has 1 amide bonds. The molecule has 2 heterocycles. The first-order valence-electron chi connectivity index (χ1n) is 10.6. The summed E-state index contributed by atoms with van der Waals surface area (Å²) >= 11 is 6.31. The molecule has 162 valence electrons. The van der Waals surface area contributed by atoms with Crippen molar-refractivity contribution in [1.29, 1.82) is 0 Å². The Morgan fingerprint density at radius 2 is 2.10 bits per heavy atom. The molecule has 1 fully saturated rings. The highest BCUT2D eigenvalue weighted by Gasteiger charge is 2.29. The fraction of sp³-hybridized carbons (Fsp3) is 0.375. The van der Waals surface area contributed by atoms with Crippen molar-refractivity contribution in [3.8, 4) is 11.4 Å². The van der Waals surface area contributed by atoms with Gasteiger partial charge in [-0.3, -0.25) is 9.69 Å². The Hall–Kier alpha value is -2.70. The maximum Gasteiger partial charge on any atom is 0.246 e. The van der Waals surface area contributed by atoms with Gasteiger partial charge in [-0.25, -0.2) is 0 Å². The topological polar surface area (TPSA) is 62.5 Å². The Morgan fingerprint density at radius 3 is 2.90 bits per heavy atom. The van der Waals surface area contributed by atoms with Gasteiger partial charge in [-0.1, -0.05) is 58.7 Å². The first kappa shape index (κ1) is 21.5. The summed E-state index contributed by atoms with van der Waals surface area (Å²) in [6.45, 7) is 4.79. The van der Waals surface area contributed by atoms with Gasteiger partial charge in [-0.2, -0.15) is 4.98 Å². The van der Waals surface area contributed by atoms with Gasteiger partial charge in [0.25, 0.3) is 0 Å². The van der Waals surface area contributed by atoms with E-state index in [1.165, 1.54) is 0 Å². The van der Waals surface area contributed by atoms with Crippen molar-refractivity contribution < 1.29 is 9.32 Å². The number of carbonyl (C=O) groups excluding carboxylic acids is 1. The lowest BCUT2D eigenvalue weighted by Crippen LogP contribution is -2.43. The number of hydrogen-bond donors (Lipinski definition) is 0. The minimum Gasteiger partial charge on any atom is -0.337 e. The Morgan fingerprint density at radius 1 is 1.26 bits per heavy atom. The molecule has 2 aromatic carbocycles. The van der Waals surface area contributed by atoms with Crippen LogP contribution < -0.4 is 0 Å². The summed E-state index contributed by atoms with van der Waals surface area (Å²) in [6, 6.07) is 15.8. The van der Waals surface area contributed by atoms with Crippen molar-refractivity contribution in [3.63, 3.8) is 0 Å². The molecule has 0 radical (unpaired) electrons. The van der Waals surface area contributed by atoms with Gasteiger partial charge in [0, 0.05) is 30.7 Å². The van der Waals surface area contributed by atoms with E-state index in [2.05, 4.69) is 15.0 Å². The standard InChI is InChI=1S/C24H27ClN4O2/c1-17-7-5-9-18(13-17)23-26-22(31-27-23)16-28(2)24(30)20-10-6-12-29(15-20)14-19-8-3-4-11-21(19)25/h3-5,7-9,11,13,20H,6,10,12,14-16H2,1-2H3/t20-/m0/s1. The average Bonchev–Trinajstić information content (AvgIpc) is 3.23. The third-order valence-electron chi connectivity index (χ3n) is 5.70. The molecule has 31 heavy (non-hydrogen) atoms. The van der Waals surface area contributed by atoms with Crippen LogP contribution >= 0.6 is 11.6 Å². The molecule has 0 spiro atoms. The van der Waals surface area contributed by atoms with Gasteiger partial charge in [0.2, 0.25) is 17.6 Å². The van der Waals surface area contributed by atoms with Gasteiger partial charge < -0.3 is 9.42 Å². The summed E-state index contributed by atoms with van der Waals surface area (Å²) in [4.78, 5) is 21.5. The number of nitrogens with zero attached hydrogens (tertiary/aromatic N) is 4. The number of halogens is 1. The van der Waals surface area contributed by atoms with Crippen LogP contribution in [0.2, 0.25) is 5.02 Å². The molecule has 1 atom stereocenters. The molecular formula is C24H27ClN4O2. The largest absolute Gasteiger partial charge is 0.337 e. The molecule has 0 N–H and O–H groups in total. The van der Waals surface area contributed by atoms with Crippen LogP contribution in [0.5, 0.6) is 0 Å². The first-order chi connectivity index (χ1) is 15.0. The quantitative estimate of drug-likeness (QED) is 0.564. The van der Waals surface area contributed by atoms with Crippen LogP contribution in [-0.2, 0) is 17.9 Å². The van der Waals surface area contributed by atoms with E-state index >= 15 is 0 Å². The van der Waals surface area contributed by atoms with E-state index in [9.17, 15) is 4.79 Å². The number of aryl methyl sites for hydroxylation is 1. The third kappa shape index (κ3) is 5.32. The third-order valence-corrected chi connectivity index (χ3v) is 6.07. The lowest BCUT2D eigenvalue weighted by Gasteiger charge is -2.33. The number of likely N-dealkylation sites (tertiary alicyclic amines) is 1. The summed E-state index contributed by atoms with van der Waals surface area (Å²) in [7, 11) is 1.80. The number of amides is 1. The van der Waals surface area contributed by atoms with Crippen molar-refractivity contribution in [2.24, 2.45) is 5.92 Å². The Labute approximate surface area is 187 Å². The number of piperidine rings is 1. The molecule has 7 heteroatoms. The SMILES string of the molecule is Cc1cccc(-c2noc(CN(C)C(=O)[C@H]3CCCN(Cc4ccccc4Cl)C3)n2)c1. The number of rotatable bonds is 6. The predicted octanol–water partition coefficient (Wildman–Crippen LogP) is 4.57. The van der Waals surface area contributed by atoms with Crippen LogP contribution in [0, 0.1) is 12.8 Å². The first-order valence-corrected chi connectivity index (χ1v) is 11.0. The van der Waals surface area contributed by atoms with Crippen molar-refractivity contribution >= 4 is 17.5 Å². The van der Waals surface area contributed by atoms with E-state index in [-0.39, 0.29) is 11.8 Å². The van der Waals surface area contributed by atoms with Crippen LogP contribution in [0.4, 0.5) is 0 Å². The normalized spacial score (nSPS) is 16.9. The lowest BCUT2D eigenvalue weighted by molar-refractivity contribution is -0.137. The Kier molecular flexibility index (Phi) is 6.68.